The lowest BCUT2D eigenvalue weighted by atomic mass is 10.2. The molecule has 0 radical (unpaired) electrons. The highest BCUT2D eigenvalue weighted by Gasteiger charge is 2.14. The zero-order valence-electron chi connectivity index (χ0n) is 15.3. The van der Waals surface area contributed by atoms with Gasteiger partial charge in [-0.05, 0) is 36.2 Å². The number of nitrogens with zero attached hydrogens (tertiary/aromatic N) is 3. The predicted octanol–water partition coefficient (Wildman–Crippen LogP) is 2.45. The number of carbonyl (C=O) groups is 1. The van der Waals surface area contributed by atoms with E-state index < -0.39 is 0 Å². The van der Waals surface area contributed by atoms with Gasteiger partial charge in [0.25, 0.3) is 5.91 Å². The summed E-state index contributed by atoms with van der Waals surface area (Å²) in [5.41, 5.74) is 2.25. The molecule has 8 heteroatoms. The molecule has 2 aromatic heterocycles. The Hall–Kier alpha value is -3.68. The molecule has 0 bridgehead atoms. The molecule has 142 valence electrons. The van der Waals surface area contributed by atoms with Gasteiger partial charge >= 0.3 is 0 Å². The van der Waals surface area contributed by atoms with Gasteiger partial charge in [0.2, 0.25) is 6.79 Å². The second kappa shape index (κ2) is 7.91. The first-order valence-corrected chi connectivity index (χ1v) is 8.82. The van der Waals surface area contributed by atoms with Crippen molar-refractivity contribution in [3.05, 3.63) is 71.4 Å². The van der Waals surface area contributed by atoms with E-state index in [2.05, 4.69) is 25.6 Å². The van der Waals surface area contributed by atoms with Gasteiger partial charge in [-0.1, -0.05) is 12.1 Å². The molecule has 3 heterocycles. The summed E-state index contributed by atoms with van der Waals surface area (Å²) >= 11 is 0. The van der Waals surface area contributed by atoms with E-state index in [0.29, 0.717) is 30.4 Å². The van der Waals surface area contributed by atoms with Gasteiger partial charge in [-0.2, -0.15) is 0 Å². The molecule has 1 aliphatic rings. The number of hydrogen-bond donors (Lipinski definition) is 2. The number of anilines is 1. The Morgan fingerprint density at radius 2 is 1.96 bits per heavy atom. The quantitative estimate of drug-likeness (QED) is 0.681. The second-order valence-corrected chi connectivity index (χ2v) is 6.27. The van der Waals surface area contributed by atoms with Gasteiger partial charge < -0.3 is 20.1 Å². The minimum atomic E-state index is -0.263. The maximum Gasteiger partial charge on any atom is 0.270 e. The summed E-state index contributed by atoms with van der Waals surface area (Å²) in [6.45, 7) is 2.91. The molecule has 28 heavy (non-hydrogen) atoms. The molecule has 2 N–H and O–H groups in total. The Kier molecular flexibility index (Phi) is 5.01. The zero-order valence-corrected chi connectivity index (χ0v) is 15.3. The Bertz CT molecular complexity index is 994. The molecule has 0 aliphatic carbocycles. The third kappa shape index (κ3) is 4.17. The smallest absolute Gasteiger partial charge is 0.270 e. The van der Waals surface area contributed by atoms with Crippen LogP contribution in [0.5, 0.6) is 11.5 Å². The van der Waals surface area contributed by atoms with Gasteiger partial charge in [0, 0.05) is 31.5 Å². The molecule has 4 rings (SSSR count). The van der Waals surface area contributed by atoms with Gasteiger partial charge in [-0.3, -0.25) is 9.78 Å². The average molecular weight is 377 g/mol. The summed E-state index contributed by atoms with van der Waals surface area (Å²) in [4.78, 5) is 25.1. The fourth-order valence-electron chi connectivity index (χ4n) is 2.79. The number of nitrogens with one attached hydrogen (secondary N) is 2. The largest absolute Gasteiger partial charge is 0.454 e. The Morgan fingerprint density at radius 3 is 2.82 bits per heavy atom. The molecule has 1 amide bonds. The lowest BCUT2D eigenvalue weighted by Crippen LogP contribution is -2.24. The van der Waals surface area contributed by atoms with E-state index in [9.17, 15) is 4.79 Å². The van der Waals surface area contributed by atoms with Gasteiger partial charge in [-0.25, -0.2) is 9.97 Å². The number of aryl methyl sites for hydroxylation is 1. The lowest BCUT2D eigenvalue weighted by molar-refractivity contribution is 0.0945. The molecule has 0 saturated carbocycles. The minimum absolute atomic E-state index is 0.245. The number of hydrogen-bond acceptors (Lipinski definition) is 7. The highest BCUT2D eigenvalue weighted by atomic mass is 16.7. The van der Waals surface area contributed by atoms with Gasteiger partial charge in [0.15, 0.2) is 11.5 Å². The number of ether oxygens (including phenoxy) is 2. The monoisotopic (exact) mass is 377 g/mol. The van der Waals surface area contributed by atoms with E-state index in [1.54, 1.807) is 25.4 Å². The first kappa shape index (κ1) is 17.7. The fourth-order valence-corrected chi connectivity index (χ4v) is 2.79. The van der Waals surface area contributed by atoms with E-state index >= 15 is 0 Å². The van der Waals surface area contributed by atoms with Crippen molar-refractivity contribution in [2.24, 2.45) is 0 Å². The van der Waals surface area contributed by atoms with Crippen molar-refractivity contribution >= 4 is 11.7 Å². The molecule has 0 spiro atoms. The highest BCUT2D eigenvalue weighted by molar-refractivity contribution is 5.92. The summed E-state index contributed by atoms with van der Waals surface area (Å²) in [5, 5.41) is 6.07. The first-order valence-electron chi connectivity index (χ1n) is 8.82. The molecule has 0 saturated heterocycles. The number of fused-ring (bicyclic) bond motifs is 1. The number of benzene rings is 1. The average Bonchev–Trinajstić information content (AvgIpc) is 3.19. The Morgan fingerprint density at radius 1 is 1.07 bits per heavy atom. The Balaban J connectivity index is 1.41. The second-order valence-electron chi connectivity index (χ2n) is 6.27. The number of aromatic nitrogens is 3. The fraction of sp³-hybridized carbons (Fsp3) is 0.200. The van der Waals surface area contributed by atoms with Gasteiger partial charge in [0.05, 0.1) is 0 Å². The van der Waals surface area contributed by atoms with Crippen molar-refractivity contribution in [2.75, 3.05) is 12.1 Å². The SMILES string of the molecule is Cc1nc(NCc2ccc3c(c2)OCO3)cc(C(=O)NCc2cccnc2)n1. The van der Waals surface area contributed by atoms with Crippen LogP contribution >= 0.6 is 0 Å². The Labute approximate surface area is 162 Å². The summed E-state index contributed by atoms with van der Waals surface area (Å²) in [5.74, 6) is 2.31. The zero-order chi connectivity index (χ0) is 19.3. The molecule has 1 aromatic carbocycles. The lowest BCUT2D eigenvalue weighted by Gasteiger charge is -2.10. The number of amides is 1. The van der Waals surface area contributed by atoms with E-state index in [0.717, 1.165) is 22.6 Å². The van der Waals surface area contributed by atoms with Crippen LogP contribution in [0, 0.1) is 6.92 Å². The van der Waals surface area contributed by atoms with Gasteiger partial charge in [0.1, 0.15) is 17.3 Å². The summed E-state index contributed by atoms with van der Waals surface area (Å²) < 4.78 is 10.7. The topological polar surface area (TPSA) is 98.3 Å². The van der Waals surface area contributed by atoms with Crippen LogP contribution in [-0.4, -0.2) is 27.7 Å². The highest BCUT2D eigenvalue weighted by Crippen LogP contribution is 2.32. The first-order chi connectivity index (χ1) is 13.7. The molecule has 3 aromatic rings. The summed E-state index contributed by atoms with van der Waals surface area (Å²) in [6.07, 6.45) is 3.40. The third-order valence-electron chi connectivity index (χ3n) is 4.16. The number of rotatable bonds is 6. The molecule has 8 nitrogen and oxygen atoms in total. The summed E-state index contributed by atoms with van der Waals surface area (Å²) in [6, 6.07) is 11.1. The van der Waals surface area contributed by atoms with Crippen LogP contribution in [0.2, 0.25) is 0 Å². The summed E-state index contributed by atoms with van der Waals surface area (Å²) in [7, 11) is 0. The van der Waals surface area contributed by atoms with Crippen LogP contribution in [-0.2, 0) is 13.1 Å². The van der Waals surface area contributed by atoms with Crippen LogP contribution in [0.15, 0.2) is 48.8 Å². The van der Waals surface area contributed by atoms with Crippen LogP contribution in [0.4, 0.5) is 5.82 Å². The molecular weight excluding hydrogens is 358 g/mol. The third-order valence-corrected chi connectivity index (χ3v) is 4.16. The molecular formula is C20H19N5O3. The van der Waals surface area contributed by atoms with Crippen LogP contribution in [0.1, 0.15) is 27.4 Å². The molecule has 1 aliphatic heterocycles. The predicted molar refractivity (Wildman–Crippen MR) is 102 cm³/mol. The molecule has 0 fully saturated rings. The normalized spacial score (nSPS) is 11.9. The molecule has 0 atom stereocenters. The van der Waals surface area contributed by atoms with Crippen molar-refractivity contribution in [3.63, 3.8) is 0 Å². The van der Waals surface area contributed by atoms with Crippen LogP contribution in [0.3, 0.4) is 0 Å². The van der Waals surface area contributed by atoms with E-state index in [1.807, 2.05) is 30.3 Å². The van der Waals surface area contributed by atoms with E-state index in [1.165, 1.54) is 0 Å². The standard InChI is InChI=1S/C20H19N5O3/c1-13-24-16(20(26)23-11-15-3-2-6-21-9-15)8-19(25-13)22-10-14-4-5-17-18(7-14)28-12-27-17/h2-9H,10-12H2,1H3,(H,23,26)(H,22,24,25). The maximum atomic E-state index is 12.4. The van der Waals surface area contributed by atoms with Crippen LogP contribution in [0.25, 0.3) is 0 Å². The molecule has 0 unspecified atom stereocenters. The van der Waals surface area contributed by atoms with Gasteiger partial charge in [-0.15, -0.1) is 0 Å². The van der Waals surface area contributed by atoms with E-state index in [4.69, 9.17) is 9.47 Å². The van der Waals surface area contributed by atoms with Crippen molar-refractivity contribution in [1.82, 2.24) is 20.3 Å². The maximum absolute atomic E-state index is 12.4. The number of carbonyl (C=O) groups excluding carboxylic acids is 1. The van der Waals surface area contributed by atoms with Crippen LogP contribution < -0.4 is 20.1 Å². The van der Waals surface area contributed by atoms with Crippen molar-refractivity contribution in [2.45, 2.75) is 20.0 Å². The van der Waals surface area contributed by atoms with E-state index in [-0.39, 0.29) is 12.7 Å². The van der Waals surface area contributed by atoms with Crippen molar-refractivity contribution in [3.8, 4) is 11.5 Å². The van der Waals surface area contributed by atoms with Crippen molar-refractivity contribution in [1.29, 1.82) is 0 Å². The minimum Gasteiger partial charge on any atom is -0.454 e. The number of pyridine rings is 1. The van der Waals surface area contributed by atoms with Crippen molar-refractivity contribution < 1.29 is 14.3 Å².